The lowest BCUT2D eigenvalue weighted by atomic mass is 10.1. The number of thiophene rings is 3. The summed E-state index contributed by atoms with van der Waals surface area (Å²) in [4.78, 5) is 1.39. The predicted molar refractivity (Wildman–Crippen MR) is 391 cm³/mol. The van der Waals surface area contributed by atoms with E-state index in [1.54, 1.807) is 0 Å². The van der Waals surface area contributed by atoms with E-state index >= 15 is 0 Å². The van der Waals surface area contributed by atoms with Crippen molar-refractivity contribution in [3.63, 3.8) is 0 Å². The summed E-state index contributed by atoms with van der Waals surface area (Å²) >= 11 is 5.60. The van der Waals surface area contributed by atoms with Crippen LogP contribution in [0.3, 0.4) is 0 Å². The van der Waals surface area contributed by atoms with E-state index in [4.69, 9.17) is 17.7 Å². The SMILES string of the molecule is Cc1cc2ccccc2o1.Cc1cc2ccccc2s1.Cc1ccc2c(c1)oc1ccccc12.Cc1ccc2c(c1)sc1ccccc12.Cc1ccc2oc3ccccc3c2c1.Cc1cccc2oc3ccccc3c12.Cc1cccc2sc3ccccc3c12. The molecule has 0 radical (unpaired) electrons. The lowest BCUT2D eigenvalue weighted by Crippen LogP contribution is -1.72. The van der Waals surface area contributed by atoms with Crippen molar-refractivity contribution in [2.75, 3.05) is 0 Å². The Bertz CT molecular complexity index is 5310. The van der Waals surface area contributed by atoms with Crippen molar-refractivity contribution >= 4 is 161 Å². The van der Waals surface area contributed by atoms with Gasteiger partial charge in [0.2, 0.25) is 0 Å². The van der Waals surface area contributed by atoms with Crippen LogP contribution in [-0.4, -0.2) is 0 Å². The van der Waals surface area contributed by atoms with Gasteiger partial charge in [0.25, 0.3) is 0 Å². The summed E-state index contributed by atoms with van der Waals surface area (Å²) in [5.74, 6) is 0.973. The molecule has 0 aliphatic rings. The highest BCUT2D eigenvalue weighted by Crippen LogP contribution is 2.37. The molecule has 0 bridgehead atoms. The quantitative estimate of drug-likeness (QED) is 0.152. The summed E-state index contributed by atoms with van der Waals surface area (Å²) in [6.07, 6.45) is 0. The number of aryl methyl sites for hydroxylation is 7. The van der Waals surface area contributed by atoms with Gasteiger partial charge in [-0.15, -0.1) is 34.0 Å². The van der Waals surface area contributed by atoms with Gasteiger partial charge in [0.05, 0.1) is 0 Å². The molecule has 0 saturated carbocycles. The molecule has 12 aromatic carbocycles. The molecule has 19 aromatic rings. The van der Waals surface area contributed by atoms with Crippen molar-refractivity contribution in [2.45, 2.75) is 48.5 Å². The minimum absolute atomic E-state index is 0.966. The normalized spacial score (nSPS) is 11.1. The summed E-state index contributed by atoms with van der Waals surface area (Å²) in [5.41, 5.74) is 13.3. The van der Waals surface area contributed by atoms with Gasteiger partial charge in [-0.2, -0.15) is 0 Å². The summed E-state index contributed by atoms with van der Waals surface area (Å²) in [7, 11) is 0. The fourth-order valence-corrected chi connectivity index (χ4v) is 15.0. The first-order chi connectivity index (χ1) is 44.0. The van der Waals surface area contributed by atoms with Crippen molar-refractivity contribution in [3.05, 3.63) is 311 Å². The Morgan fingerprint density at radius 2 is 0.667 bits per heavy atom. The molecule has 7 heterocycles. The average molecular weight is 1220 g/mol. The summed E-state index contributed by atoms with van der Waals surface area (Å²) in [6.45, 7) is 14.7. The van der Waals surface area contributed by atoms with Gasteiger partial charge in [0.1, 0.15) is 44.8 Å². The Morgan fingerprint density at radius 3 is 1.38 bits per heavy atom. The van der Waals surface area contributed by atoms with Crippen molar-refractivity contribution in [1.82, 2.24) is 0 Å². The van der Waals surface area contributed by atoms with Gasteiger partial charge in [-0.25, -0.2) is 0 Å². The molecule has 7 heteroatoms. The topological polar surface area (TPSA) is 52.6 Å². The molecule has 0 fully saturated rings. The van der Waals surface area contributed by atoms with Crippen LogP contribution in [0.15, 0.2) is 291 Å². The summed E-state index contributed by atoms with van der Waals surface area (Å²) < 4.78 is 29.5. The molecular weight excluding hydrogens is 1160 g/mol. The third-order valence-electron chi connectivity index (χ3n) is 15.9. The van der Waals surface area contributed by atoms with E-state index in [-0.39, 0.29) is 0 Å². The molecule has 0 aliphatic carbocycles. The molecule has 4 nitrogen and oxygen atoms in total. The Hall–Kier alpha value is -10.0. The van der Waals surface area contributed by atoms with Crippen LogP contribution in [0.2, 0.25) is 0 Å². The number of furan rings is 4. The molecule has 90 heavy (non-hydrogen) atoms. The van der Waals surface area contributed by atoms with Crippen molar-refractivity contribution < 1.29 is 17.7 Å². The molecule has 0 spiro atoms. The number of fused-ring (bicyclic) bond motifs is 17. The Labute approximate surface area is 535 Å². The Kier molecular flexibility index (Phi) is 17.3. The summed E-state index contributed by atoms with van der Waals surface area (Å²) in [6, 6.07) is 94.3. The molecular formula is C83H66O4S3. The van der Waals surface area contributed by atoms with E-state index in [1.165, 1.54) is 121 Å². The van der Waals surface area contributed by atoms with Crippen LogP contribution < -0.4 is 0 Å². The zero-order chi connectivity index (χ0) is 61.7. The molecule has 0 aliphatic heterocycles. The second-order valence-electron chi connectivity index (χ2n) is 22.7. The Morgan fingerprint density at radius 1 is 0.222 bits per heavy atom. The van der Waals surface area contributed by atoms with Crippen LogP contribution in [0.25, 0.3) is 127 Å². The number of para-hydroxylation sites is 4. The van der Waals surface area contributed by atoms with E-state index in [0.29, 0.717) is 0 Å². The zero-order valence-electron chi connectivity index (χ0n) is 51.3. The second kappa shape index (κ2) is 26.4. The number of rotatable bonds is 0. The molecule has 0 N–H and O–H groups in total. The standard InChI is InChI=1S/3C13H10O.2C13H10S.C9H8O.C9H8S/c1-9-5-4-8-12-13(9)10-6-2-3-7-11(10)14-12;1-9-6-7-13-11(8-9)10-4-2-3-5-12(10)14-13;1-9-6-7-11-10-4-2-3-5-12(10)14-13(11)8-9;1-9-5-4-8-12-13(9)10-6-2-3-7-11(10)14-12;1-9-6-7-11-10-4-2-3-5-12(10)14-13(11)8-9;2*1-7-6-8-4-2-3-5-9(8)10-7/h5*2-8H,1H3;2*2-6H,1H3. The van der Waals surface area contributed by atoms with E-state index in [0.717, 1.165) is 44.8 Å². The van der Waals surface area contributed by atoms with Crippen molar-refractivity contribution in [3.8, 4) is 0 Å². The van der Waals surface area contributed by atoms with Crippen LogP contribution >= 0.6 is 34.0 Å². The minimum atomic E-state index is 0.966. The third-order valence-corrected chi connectivity index (χ3v) is 19.2. The maximum absolute atomic E-state index is 5.73. The van der Waals surface area contributed by atoms with E-state index in [2.05, 4.69) is 211 Å². The molecule has 440 valence electrons. The van der Waals surface area contributed by atoms with E-state index in [9.17, 15) is 0 Å². The van der Waals surface area contributed by atoms with Gasteiger partial charge in [0, 0.05) is 87.6 Å². The second-order valence-corrected chi connectivity index (χ2v) is 26.1. The van der Waals surface area contributed by atoms with E-state index < -0.39 is 0 Å². The highest BCUT2D eigenvalue weighted by atomic mass is 32.1. The van der Waals surface area contributed by atoms with Crippen molar-refractivity contribution in [2.24, 2.45) is 0 Å². The van der Waals surface area contributed by atoms with Gasteiger partial charge < -0.3 is 17.7 Å². The highest BCUT2D eigenvalue weighted by Gasteiger charge is 2.10. The number of hydrogen-bond donors (Lipinski definition) is 0. The first-order valence-electron chi connectivity index (χ1n) is 30.3. The summed E-state index contributed by atoms with van der Waals surface area (Å²) in [5, 5.41) is 15.4. The van der Waals surface area contributed by atoms with Gasteiger partial charge in [-0.05, 0) is 167 Å². The van der Waals surface area contributed by atoms with Crippen LogP contribution in [-0.2, 0) is 0 Å². The monoisotopic (exact) mass is 1220 g/mol. The molecule has 19 rings (SSSR count). The Balaban J connectivity index is 0.0000000967. The van der Waals surface area contributed by atoms with Crippen LogP contribution in [0.4, 0.5) is 0 Å². The lowest BCUT2D eigenvalue weighted by molar-refractivity contribution is 0.578. The first-order valence-corrected chi connectivity index (χ1v) is 32.7. The van der Waals surface area contributed by atoms with Gasteiger partial charge >= 0.3 is 0 Å². The fraction of sp³-hybridized carbons (Fsp3) is 0.0843. The smallest absolute Gasteiger partial charge is 0.135 e. The molecule has 0 amide bonds. The minimum Gasteiger partial charge on any atom is -0.461 e. The largest absolute Gasteiger partial charge is 0.461 e. The van der Waals surface area contributed by atoms with Gasteiger partial charge in [0.15, 0.2) is 0 Å². The predicted octanol–water partition coefficient (Wildman–Crippen LogP) is 26.4. The number of hydrogen-bond acceptors (Lipinski definition) is 7. The van der Waals surface area contributed by atoms with Crippen LogP contribution in [0, 0.1) is 48.5 Å². The third kappa shape index (κ3) is 12.8. The maximum atomic E-state index is 5.73. The zero-order valence-corrected chi connectivity index (χ0v) is 53.8. The van der Waals surface area contributed by atoms with E-state index in [1.807, 2.05) is 144 Å². The van der Waals surface area contributed by atoms with Gasteiger partial charge in [-0.3, -0.25) is 0 Å². The fourth-order valence-electron chi connectivity index (χ4n) is 11.6. The average Bonchev–Trinajstić information content (AvgIpc) is 1.98. The van der Waals surface area contributed by atoms with Crippen LogP contribution in [0.1, 0.15) is 38.5 Å². The van der Waals surface area contributed by atoms with Gasteiger partial charge in [-0.1, -0.05) is 188 Å². The van der Waals surface area contributed by atoms with Crippen LogP contribution in [0.5, 0.6) is 0 Å². The molecule has 0 atom stereocenters. The number of benzene rings is 12. The molecule has 0 saturated heterocycles. The molecule has 0 unspecified atom stereocenters. The lowest BCUT2D eigenvalue weighted by Gasteiger charge is -1.95. The maximum Gasteiger partial charge on any atom is 0.135 e. The van der Waals surface area contributed by atoms with Crippen molar-refractivity contribution in [1.29, 1.82) is 0 Å². The molecule has 7 aromatic heterocycles. The first kappa shape index (κ1) is 59.0. The highest BCUT2D eigenvalue weighted by molar-refractivity contribution is 7.26.